The number of carbonyl (C=O) groups is 1. The molecule has 8 nitrogen and oxygen atoms in total. The summed E-state index contributed by atoms with van der Waals surface area (Å²) in [5, 5.41) is 0. The predicted molar refractivity (Wildman–Crippen MR) is 136 cm³/mol. The fourth-order valence-electron chi connectivity index (χ4n) is 4.99. The number of piperidine rings is 1. The van der Waals surface area contributed by atoms with Crippen LogP contribution in [0.5, 0.6) is 11.5 Å². The Balaban J connectivity index is 1.44. The predicted octanol–water partition coefficient (Wildman–Crippen LogP) is 3.07. The molecule has 4 rings (SSSR count). The summed E-state index contributed by atoms with van der Waals surface area (Å²) >= 11 is 0. The van der Waals surface area contributed by atoms with Crippen LogP contribution in [-0.4, -0.2) is 77.0 Å². The van der Waals surface area contributed by atoms with Crippen molar-refractivity contribution in [2.45, 2.75) is 31.6 Å². The van der Waals surface area contributed by atoms with Crippen molar-refractivity contribution < 1.29 is 22.7 Å². The van der Waals surface area contributed by atoms with E-state index in [0.717, 1.165) is 13.1 Å². The molecule has 2 aliphatic heterocycles. The minimum atomic E-state index is -3.84. The average Bonchev–Trinajstić information content (AvgIpc) is 2.89. The van der Waals surface area contributed by atoms with E-state index < -0.39 is 10.0 Å². The van der Waals surface area contributed by atoms with Crippen LogP contribution in [0.1, 0.15) is 24.0 Å². The molecule has 0 spiro atoms. The van der Waals surface area contributed by atoms with Crippen molar-refractivity contribution in [3.05, 3.63) is 47.5 Å². The highest BCUT2D eigenvalue weighted by Gasteiger charge is 2.37. The summed E-state index contributed by atoms with van der Waals surface area (Å²) in [7, 11) is -0.899. The Morgan fingerprint density at radius 3 is 2.40 bits per heavy atom. The van der Waals surface area contributed by atoms with E-state index in [9.17, 15) is 13.2 Å². The number of hydrogen-bond donors (Lipinski definition) is 0. The molecule has 2 aromatic carbocycles. The zero-order valence-corrected chi connectivity index (χ0v) is 21.8. The van der Waals surface area contributed by atoms with Gasteiger partial charge in [-0.1, -0.05) is 12.1 Å². The van der Waals surface area contributed by atoms with Crippen LogP contribution in [0.25, 0.3) is 0 Å². The molecule has 0 aliphatic carbocycles. The summed E-state index contributed by atoms with van der Waals surface area (Å²) in [5.41, 5.74) is 3.75. The number of anilines is 1. The maximum Gasteiger partial charge on any atom is 0.246 e. The summed E-state index contributed by atoms with van der Waals surface area (Å²) in [6.07, 6.45) is 1.33. The third-order valence-corrected chi connectivity index (χ3v) is 9.12. The lowest BCUT2D eigenvalue weighted by atomic mass is 9.97. The molecule has 35 heavy (non-hydrogen) atoms. The van der Waals surface area contributed by atoms with Crippen LogP contribution in [0.4, 0.5) is 5.69 Å². The van der Waals surface area contributed by atoms with Crippen molar-refractivity contribution in [1.82, 2.24) is 9.21 Å². The highest BCUT2D eigenvalue weighted by atomic mass is 32.2. The first kappa shape index (κ1) is 25.3. The molecule has 0 unspecified atom stereocenters. The van der Waals surface area contributed by atoms with Gasteiger partial charge in [0, 0.05) is 51.0 Å². The Labute approximate surface area is 208 Å². The first-order valence-electron chi connectivity index (χ1n) is 12.1. The molecule has 0 saturated carbocycles. The molecule has 190 valence electrons. The van der Waals surface area contributed by atoms with Gasteiger partial charge in [-0.3, -0.25) is 4.79 Å². The zero-order valence-electron chi connectivity index (χ0n) is 21.0. The number of amides is 1. The topological polar surface area (TPSA) is 79.4 Å². The second-order valence-corrected chi connectivity index (χ2v) is 11.2. The summed E-state index contributed by atoms with van der Waals surface area (Å²) in [4.78, 5) is 17.7. The van der Waals surface area contributed by atoms with Gasteiger partial charge < -0.3 is 19.3 Å². The van der Waals surface area contributed by atoms with Gasteiger partial charge in [0.25, 0.3) is 0 Å². The smallest absolute Gasteiger partial charge is 0.246 e. The number of hydrogen-bond acceptors (Lipinski definition) is 6. The number of ether oxygens (including phenoxy) is 2. The third kappa shape index (κ3) is 5.11. The van der Waals surface area contributed by atoms with Gasteiger partial charge in [0.2, 0.25) is 15.9 Å². The number of rotatable bonds is 6. The van der Waals surface area contributed by atoms with E-state index in [2.05, 4.69) is 36.9 Å². The number of piperazine rings is 1. The summed E-state index contributed by atoms with van der Waals surface area (Å²) in [6.45, 7) is 7.63. The quantitative estimate of drug-likeness (QED) is 0.605. The summed E-state index contributed by atoms with van der Waals surface area (Å²) in [6, 6.07) is 11.1. The fourth-order valence-corrected chi connectivity index (χ4v) is 6.69. The molecule has 1 amide bonds. The second kappa shape index (κ2) is 10.5. The largest absolute Gasteiger partial charge is 0.497 e. The molecular formula is C26H35N3O5S. The Bertz CT molecular complexity index is 1180. The molecule has 0 radical (unpaired) electrons. The van der Waals surface area contributed by atoms with E-state index in [0.29, 0.717) is 38.2 Å². The number of carbonyl (C=O) groups excluding carboxylic acids is 1. The fraction of sp³-hybridized carbons (Fsp3) is 0.500. The third-order valence-electron chi connectivity index (χ3n) is 7.23. The van der Waals surface area contributed by atoms with Crippen molar-refractivity contribution in [2.75, 3.05) is 58.4 Å². The van der Waals surface area contributed by atoms with E-state index in [1.807, 2.05) is 4.90 Å². The SMILES string of the molecule is COc1ccc(OC)c(S(=O)(=O)N2CCC[C@@H](C(=O)N3CCN(c4cccc(C)c4C)CC3)C2)c1. The van der Waals surface area contributed by atoms with Gasteiger partial charge in [-0.05, 0) is 56.0 Å². The van der Waals surface area contributed by atoms with Gasteiger partial charge in [-0.15, -0.1) is 0 Å². The Morgan fingerprint density at radius 1 is 0.971 bits per heavy atom. The maximum atomic E-state index is 13.5. The van der Waals surface area contributed by atoms with Gasteiger partial charge in [-0.25, -0.2) is 8.42 Å². The Hall–Kier alpha value is -2.78. The number of benzene rings is 2. The van der Waals surface area contributed by atoms with Crippen molar-refractivity contribution in [1.29, 1.82) is 0 Å². The molecule has 0 bridgehead atoms. The first-order valence-corrected chi connectivity index (χ1v) is 13.5. The lowest BCUT2D eigenvalue weighted by Crippen LogP contribution is -2.53. The van der Waals surface area contributed by atoms with Crippen LogP contribution >= 0.6 is 0 Å². The van der Waals surface area contributed by atoms with Crippen LogP contribution in [0.2, 0.25) is 0 Å². The van der Waals surface area contributed by atoms with Crippen molar-refractivity contribution in [3.8, 4) is 11.5 Å². The second-order valence-electron chi connectivity index (χ2n) is 9.25. The number of nitrogens with zero attached hydrogens (tertiary/aromatic N) is 3. The molecule has 0 N–H and O–H groups in total. The molecule has 1 atom stereocenters. The van der Waals surface area contributed by atoms with Gasteiger partial charge in [-0.2, -0.15) is 4.31 Å². The zero-order chi connectivity index (χ0) is 25.2. The van der Waals surface area contributed by atoms with E-state index in [1.165, 1.54) is 41.4 Å². The van der Waals surface area contributed by atoms with E-state index in [-0.39, 0.29) is 29.0 Å². The Kier molecular flexibility index (Phi) is 7.56. The number of aryl methyl sites for hydroxylation is 1. The molecule has 0 aromatic heterocycles. The van der Waals surface area contributed by atoms with Crippen LogP contribution in [-0.2, 0) is 14.8 Å². The lowest BCUT2D eigenvalue weighted by Gasteiger charge is -2.40. The molecule has 2 aromatic rings. The molecule has 2 saturated heterocycles. The standard InChI is InChI=1S/C26H35N3O5S/c1-19-7-5-9-23(20(19)2)27-13-15-28(16-14-27)26(30)21-8-6-12-29(18-21)35(31,32)25-17-22(33-3)10-11-24(25)34-4/h5,7,9-11,17,21H,6,8,12-16,18H2,1-4H3/t21-/m1/s1. The van der Waals surface area contributed by atoms with Gasteiger partial charge in [0.1, 0.15) is 16.4 Å². The van der Waals surface area contributed by atoms with Gasteiger partial charge in [0.05, 0.1) is 20.1 Å². The first-order chi connectivity index (χ1) is 16.8. The van der Waals surface area contributed by atoms with E-state index in [4.69, 9.17) is 9.47 Å². The molecule has 2 fully saturated rings. The number of methoxy groups -OCH3 is 2. The molecular weight excluding hydrogens is 466 g/mol. The van der Waals surface area contributed by atoms with Crippen LogP contribution in [0.3, 0.4) is 0 Å². The minimum Gasteiger partial charge on any atom is -0.497 e. The van der Waals surface area contributed by atoms with Crippen LogP contribution in [0.15, 0.2) is 41.3 Å². The van der Waals surface area contributed by atoms with Crippen molar-refractivity contribution in [2.24, 2.45) is 5.92 Å². The summed E-state index contributed by atoms with van der Waals surface area (Å²) < 4.78 is 39.0. The highest BCUT2D eigenvalue weighted by Crippen LogP contribution is 2.33. The van der Waals surface area contributed by atoms with E-state index in [1.54, 1.807) is 12.1 Å². The van der Waals surface area contributed by atoms with Gasteiger partial charge in [0.15, 0.2) is 0 Å². The normalized spacial score (nSPS) is 19.5. The van der Waals surface area contributed by atoms with Crippen LogP contribution in [0, 0.1) is 19.8 Å². The van der Waals surface area contributed by atoms with Crippen molar-refractivity contribution in [3.63, 3.8) is 0 Å². The minimum absolute atomic E-state index is 0.0446. The van der Waals surface area contributed by atoms with Crippen molar-refractivity contribution >= 4 is 21.6 Å². The number of sulfonamides is 1. The maximum absolute atomic E-state index is 13.5. The lowest BCUT2D eigenvalue weighted by molar-refractivity contribution is -0.137. The molecule has 9 heteroatoms. The van der Waals surface area contributed by atoms with Crippen LogP contribution < -0.4 is 14.4 Å². The summed E-state index contributed by atoms with van der Waals surface area (Å²) in [5.74, 6) is 0.406. The highest BCUT2D eigenvalue weighted by molar-refractivity contribution is 7.89. The van der Waals surface area contributed by atoms with Gasteiger partial charge >= 0.3 is 0 Å². The van der Waals surface area contributed by atoms with E-state index >= 15 is 0 Å². The monoisotopic (exact) mass is 501 g/mol. The molecule has 2 aliphatic rings. The Morgan fingerprint density at radius 2 is 1.71 bits per heavy atom. The average molecular weight is 502 g/mol. The molecule has 2 heterocycles.